The Labute approximate surface area is 151 Å². The van der Waals surface area contributed by atoms with E-state index in [0.29, 0.717) is 37.5 Å². The van der Waals surface area contributed by atoms with Crippen LogP contribution in [0, 0.1) is 13.8 Å². The molecule has 2 heterocycles. The molecule has 1 fully saturated rings. The summed E-state index contributed by atoms with van der Waals surface area (Å²) in [7, 11) is 1.60. The Morgan fingerprint density at radius 2 is 1.60 bits per heavy atom. The van der Waals surface area contributed by atoms with Crippen molar-refractivity contribution in [3.05, 3.63) is 51.2 Å². The van der Waals surface area contributed by atoms with E-state index in [1.54, 1.807) is 18.1 Å². The van der Waals surface area contributed by atoms with E-state index in [0.717, 1.165) is 15.3 Å². The highest BCUT2D eigenvalue weighted by Crippen LogP contribution is 2.21. The zero-order valence-electron chi connectivity index (χ0n) is 14.7. The third-order valence-corrected chi connectivity index (χ3v) is 5.45. The molecule has 1 aliphatic heterocycles. The highest BCUT2D eigenvalue weighted by molar-refractivity contribution is 7.13. The molecule has 25 heavy (non-hydrogen) atoms. The number of hydrogen-bond acceptors (Lipinski definition) is 4. The Hall–Kier alpha value is -2.34. The van der Waals surface area contributed by atoms with E-state index >= 15 is 0 Å². The second kappa shape index (κ2) is 7.27. The number of carbonyl (C=O) groups is 2. The summed E-state index contributed by atoms with van der Waals surface area (Å²) < 4.78 is 5.30. The highest BCUT2D eigenvalue weighted by Gasteiger charge is 2.26. The van der Waals surface area contributed by atoms with Crippen LogP contribution >= 0.6 is 11.3 Å². The summed E-state index contributed by atoms with van der Waals surface area (Å²) in [5, 5.41) is 0. The van der Waals surface area contributed by atoms with Crippen LogP contribution in [0.4, 0.5) is 0 Å². The minimum atomic E-state index is -0.0163. The standard InChI is InChI=1S/C19H22N2O3S/c1-13-4-6-15(12-16(13)24-3)18(22)20-8-10-21(11-9-20)19(23)17-7-5-14(2)25-17/h4-7,12H,8-11H2,1-3H3. The van der Waals surface area contributed by atoms with Crippen LogP contribution in [0.2, 0.25) is 0 Å². The van der Waals surface area contributed by atoms with E-state index in [1.165, 1.54) is 11.3 Å². The zero-order valence-corrected chi connectivity index (χ0v) is 15.6. The van der Waals surface area contributed by atoms with Gasteiger partial charge in [-0.25, -0.2) is 0 Å². The van der Waals surface area contributed by atoms with Crippen LogP contribution in [0.3, 0.4) is 0 Å². The maximum Gasteiger partial charge on any atom is 0.264 e. The molecule has 0 bridgehead atoms. The van der Waals surface area contributed by atoms with Crippen LogP contribution in [-0.2, 0) is 0 Å². The van der Waals surface area contributed by atoms with Gasteiger partial charge < -0.3 is 14.5 Å². The van der Waals surface area contributed by atoms with Crippen molar-refractivity contribution in [2.24, 2.45) is 0 Å². The van der Waals surface area contributed by atoms with Gasteiger partial charge in [0.15, 0.2) is 0 Å². The lowest BCUT2D eigenvalue weighted by molar-refractivity contribution is 0.0538. The SMILES string of the molecule is COc1cc(C(=O)N2CCN(C(=O)c3ccc(C)s3)CC2)ccc1C. The molecule has 0 spiro atoms. The lowest BCUT2D eigenvalue weighted by Gasteiger charge is -2.34. The van der Waals surface area contributed by atoms with Crippen molar-refractivity contribution in [3.63, 3.8) is 0 Å². The number of carbonyl (C=O) groups excluding carboxylic acids is 2. The minimum absolute atomic E-state index is 0.0163. The molecule has 6 heteroatoms. The normalized spacial score (nSPS) is 14.5. The lowest BCUT2D eigenvalue weighted by Crippen LogP contribution is -2.50. The number of benzene rings is 1. The smallest absolute Gasteiger partial charge is 0.264 e. The monoisotopic (exact) mass is 358 g/mol. The van der Waals surface area contributed by atoms with E-state index in [1.807, 2.05) is 43.0 Å². The fourth-order valence-corrected chi connectivity index (χ4v) is 3.79. The first kappa shape index (κ1) is 17.5. The number of methoxy groups -OCH3 is 1. The van der Waals surface area contributed by atoms with Crippen LogP contribution in [0.15, 0.2) is 30.3 Å². The molecule has 2 aromatic rings. The van der Waals surface area contributed by atoms with Crippen LogP contribution in [0.5, 0.6) is 5.75 Å². The largest absolute Gasteiger partial charge is 0.496 e. The van der Waals surface area contributed by atoms with Crippen molar-refractivity contribution in [2.75, 3.05) is 33.3 Å². The first-order chi connectivity index (χ1) is 12.0. The van der Waals surface area contributed by atoms with Crippen molar-refractivity contribution in [1.29, 1.82) is 0 Å². The summed E-state index contributed by atoms with van der Waals surface area (Å²) >= 11 is 1.51. The van der Waals surface area contributed by atoms with Gasteiger partial charge in [0.05, 0.1) is 12.0 Å². The molecule has 0 N–H and O–H groups in total. The van der Waals surface area contributed by atoms with Crippen LogP contribution in [-0.4, -0.2) is 54.9 Å². The second-order valence-electron chi connectivity index (χ2n) is 6.18. The molecule has 1 aliphatic rings. The molecule has 0 saturated carbocycles. The van der Waals surface area contributed by atoms with Gasteiger partial charge in [0.1, 0.15) is 5.75 Å². The van der Waals surface area contributed by atoms with Gasteiger partial charge in [-0.3, -0.25) is 9.59 Å². The number of aryl methyl sites for hydroxylation is 2. The minimum Gasteiger partial charge on any atom is -0.496 e. The van der Waals surface area contributed by atoms with Gasteiger partial charge in [-0.15, -0.1) is 11.3 Å². The molecular formula is C19H22N2O3S. The third kappa shape index (κ3) is 3.69. The van der Waals surface area contributed by atoms with E-state index in [-0.39, 0.29) is 11.8 Å². The average molecular weight is 358 g/mol. The Kier molecular flexibility index (Phi) is 5.08. The number of amides is 2. The van der Waals surface area contributed by atoms with Crippen molar-refractivity contribution < 1.29 is 14.3 Å². The van der Waals surface area contributed by atoms with Gasteiger partial charge in [-0.2, -0.15) is 0 Å². The summed E-state index contributed by atoms with van der Waals surface area (Å²) in [5.74, 6) is 0.757. The van der Waals surface area contributed by atoms with Gasteiger partial charge in [0, 0.05) is 36.6 Å². The molecule has 1 aromatic carbocycles. The topological polar surface area (TPSA) is 49.9 Å². The predicted octanol–water partition coefficient (Wildman–Crippen LogP) is 2.97. The second-order valence-corrected chi connectivity index (χ2v) is 7.47. The van der Waals surface area contributed by atoms with Crippen LogP contribution in [0.1, 0.15) is 30.5 Å². The van der Waals surface area contributed by atoms with Crippen molar-refractivity contribution in [2.45, 2.75) is 13.8 Å². The maximum atomic E-state index is 12.7. The van der Waals surface area contributed by atoms with E-state index < -0.39 is 0 Å². The van der Waals surface area contributed by atoms with Crippen LogP contribution < -0.4 is 4.74 Å². The maximum absolute atomic E-state index is 12.7. The Morgan fingerprint density at radius 1 is 0.960 bits per heavy atom. The molecule has 0 aliphatic carbocycles. The molecular weight excluding hydrogens is 336 g/mol. The molecule has 3 rings (SSSR count). The molecule has 1 aromatic heterocycles. The Morgan fingerprint density at radius 3 is 2.16 bits per heavy atom. The first-order valence-corrected chi connectivity index (χ1v) is 9.11. The van der Waals surface area contributed by atoms with Crippen LogP contribution in [0.25, 0.3) is 0 Å². The van der Waals surface area contributed by atoms with E-state index in [4.69, 9.17) is 4.74 Å². The highest BCUT2D eigenvalue weighted by atomic mass is 32.1. The number of thiophene rings is 1. The van der Waals surface area contributed by atoms with Gasteiger partial charge >= 0.3 is 0 Å². The van der Waals surface area contributed by atoms with Gasteiger partial charge in [0.25, 0.3) is 11.8 Å². The molecule has 0 radical (unpaired) electrons. The number of ether oxygens (including phenoxy) is 1. The Bertz CT molecular complexity index is 792. The number of rotatable bonds is 3. The summed E-state index contributed by atoms with van der Waals surface area (Å²) in [6.07, 6.45) is 0. The van der Waals surface area contributed by atoms with Gasteiger partial charge in [-0.05, 0) is 43.7 Å². The van der Waals surface area contributed by atoms with E-state index in [9.17, 15) is 9.59 Å². The summed E-state index contributed by atoms with van der Waals surface area (Å²) in [6.45, 7) is 6.16. The molecule has 0 unspecified atom stereocenters. The summed E-state index contributed by atoms with van der Waals surface area (Å²) in [6, 6.07) is 9.33. The quantitative estimate of drug-likeness (QED) is 0.848. The number of nitrogens with zero attached hydrogens (tertiary/aromatic N) is 2. The fourth-order valence-electron chi connectivity index (χ4n) is 2.95. The third-order valence-electron chi connectivity index (χ3n) is 4.46. The van der Waals surface area contributed by atoms with Gasteiger partial charge in [-0.1, -0.05) is 6.07 Å². The molecule has 0 atom stereocenters. The zero-order chi connectivity index (χ0) is 18.0. The molecule has 1 saturated heterocycles. The summed E-state index contributed by atoms with van der Waals surface area (Å²) in [4.78, 5) is 30.7. The van der Waals surface area contributed by atoms with Crippen molar-refractivity contribution in [3.8, 4) is 5.75 Å². The lowest BCUT2D eigenvalue weighted by atomic mass is 10.1. The molecule has 2 amide bonds. The number of piperazine rings is 1. The predicted molar refractivity (Wildman–Crippen MR) is 98.6 cm³/mol. The van der Waals surface area contributed by atoms with Crippen molar-refractivity contribution in [1.82, 2.24) is 9.80 Å². The summed E-state index contributed by atoms with van der Waals surface area (Å²) in [5.41, 5.74) is 1.62. The van der Waals surface area contributed by atoms with E-state index in [2.05, 4.69) is 0 Å². The fraction of sp³-hybridized carbons (Fsp3) is 0.368. The van der Waals surface area contributed by atoms with Crippen molar-refractivity contribution >= 4 is 23.2 Å². The van der Waals surface area contributed by atoms with Gasteiger partial charge in [0.2, 0.25) is 0 Å². The first-order valence-electron chi connectivity index (χ1n) is 8.29. The molecule has 132 valence electrons. The average Bonchev–Trinajstić information content (AvgIpc) is 3.07. The number of hydrogen-bond donors (Lipinski definition) is 0. The molecule has 5 nitrogen and oxygen atoms in total. The Balaban J connectivity index is 1.64.